The molecule has 0 fully saturated rings. The first-order valence-electron chi connectivity index (χ1n) is 6.13. The highest BCUT2D eigenvalue weighted by Gasteiger charge is 2.20. The van der Waals surface area contributed by atoms with Crippen LogP contribution in [0, 0.1) is 5.92 Å². The number of rotatable bonds is 7. The maximum absolute atomic E-state index is 11.9. The summed E-state index contributed by atoms with van der Waals surface area (Å²) >= 11 is 0. The van der Waals surface area contributed by atoms with Crippen LogP contribution >= 0.6 is 0 Å². The van der Waals surface area contributed by atoms with Gasteiger partial charge in [0.15, 0.2) is 5.03 Å². The SMILES string of the molecule is CCC(CC)C(N)CNS(=O)(=O)c1cn(C)cn1. The molecule has 3 N–H and O–H groups in total. The van der Waals surface area contributed by atoms with E-state index in [2.05, 4.69) is 23.6 Å². The standard InChI is InChI=1S/C11H22N4O2S/c1-4-9(5-2)10(12)6-14-18(16,17)11-7-15(3)8-13-11/h7-10,14H,4-6,12H2,1-3H3. The number of imidazole rings is 1. The Morgan fingerprint density at radius 3 is 2.50 bits per heavy atom. The van der Waals surface area contributed by atoms with Crippen molar-refractivity contribution in [3.05, 3.63) is 12.5 Å². The average Bonchev–Trinajstić information content (AvgIpc) is 2.76. The van der Waals surface area contributed by atoms with Crippen molar-refractivity contribution in [1.82, 2.24) is 14.3 Å². The maximum Gasteiger partial charge on any atom is 0.259 e. The molecule has 1 rings (SSSR count). The van der Waals surface area contributed by atoms with Crippen LogP contribution in [0.2, 0.25) is 0 Å². The van der Waals surface area contributed by atoms with Gasteiger partial charge in [0.25, 0.3) is 10.0 Å². The molecule has 0 aliphatic rings. The number of aromatic nitrogens is 2. The molecule has 1 unspecified atom stereocenters. The lowest BCUT2D eigenvalue weighted by Gasteiger charge is -2.21. The molecule has 1 atom stereocenters. The number of aryl methyl sites for hydroxylation is 1. The molecule has 0 saturated heterocycles. The number of hydrogen-bond acceptors (Lipinski definition) is 4. The van der Waals surface area contributed by atoms with Gasteiger partial charge in [-0.2, -0.15) is 0 Å². The molecule has 1 heterocycles. The molecule has 0 spiro atoms. The Kier molecular flexibility index (Phi) is 5.30. The third-order valence-electron chi connectivity index (χ3n) is 3.12. The zero-order valence-corrected chi connectivity index (χ0v) is 11.9. The summed E-state index contributed by atoms with van der Waals surface area (Å²) in [5.41, 5.74) is 5.98. The monoisotopic (exact) mass is 274 g/mol. The normalized spacial score (nSPS) is 14.1. The highest BCUT2D eigenvalue weighted by Crippen LogP contribution is 2.11. The van der Waals surface area contributed by atoms with Crippen molar-refractivity contribution in [3.63, 3.8) is 0 Å². The van der Waals surface area contributed by atoms with Crippen molar-refractivity contribution in [2.24, 2.45) is 18.7 Å². The Morgan fingerprint density at radius 1 is 1.44 bits per heavy atom. The lowest BCUT2D eigenvalue weighted by molar-refractivity contribution is 0.392. The molecule has 0 aromatic carbocycles. The van der Waals surface area contributed by atoms with Gasteiger partial charge in [0.05, 0.1) is 6.33 Å². The zero-order chi connectivity index (χ0) is 13.8. The Balaban J connectivity index is 2.62. The topological polar surface area (TPSA) is 90.0 Å². The fourth-order valence-electron chi connectivity index (χ4n) is 1.87. The van der Waals surface area contributed by atoms with E-state index in [1.807, 2.05) is 0 Å². The average molecular weight is 274 g/mol. The summed E-state index contributed by atoms with van der Waals surface area (Å²) in [6.45, 7) is 4.35. The van der Waals surface area contributed by atoms with Crippen LogP contribution in [0.4, 0.5) is 0 Å². The van der Waals surface area contributed by atoms with Gasteiger partial charge in [0.1, 0.15) is 0 Å². The summed E-state index contributed by atoms with van der Waals surface area (Å²) in [4.78, 5) is 3.82. The minimum absolute atomic E-state index is 0.0294. The first-order chi connectivity index (χ1) is 8.40. The van der Waals surface area contributed by atoms with Gasteiger partial charge in [-0.25, -0.2) is 18.1 Å². The minimum atomic E-state index is -3.55. The molecule has 0 saturated carbocycles. The molecule has 0 aliphatic heterocycles. The highest BCUT2D eigenvalue weighted by molar-refractivity contribution is 7.89. The second kappa shape index (κ2) is 6.31. The van der Waals surface area contributed by atoms with E-state index >= 15 is 0 Å². The van der Waals surface area contributed by atoms with E-state index in [0.717, 1.165) is 12.8 Å². The van der Waals surface area contributed by atoms with Crippen molar-refractivity contribution < 1.29 is 8.42 Å². The summed E-state index contributed by atoms with van der Waals surface area (Å²) in [5, 5.41) is 0.0294. The first-order valence-corrected chi connectivity index (χ1v) is 7.62. The van der Waals surface area contributed by atoms with E-state index in [9.17, 15) is 8.42 Å². The van der Waals surface area contributed by atoms with E-state index < -0.39 is 10.0 Å². The summed E-state index contributed by atoms with van der Waals surface area (Å²) in [7, 11) is -1.82. The quantitative estimate of drug-likeness (QED) is 0.756. The Bertz CT molecular complexity index is 465. The largest absolute Gasteiger partial charge is 0.339 e. The van der Waals surface area contributed by atoms with Gasteiger partial charge in [-0.15, -0.1) is 0 Å². The number of nitrogens with two attached hydrogens (primary N) is 1. The molecule has 1 aromatic rings. The van der Waals surface area contributed by atoms with Gasteiger partial charge in [-0.05, 0) is 5.92 Å². The van der Waals surface area contributed by atoms with E-state index in [1.165, 1.54) is 12.5 Å². The lowest BCUT2D eigenvalue weighted by atomic mass is 9.95. The predicted molar refractivity (Wildman–Crippen MR) is 70.4 cm³/mol. The second-order valence-electron chi connectivity index (χ2n) is 4.47. The molecule has 7 heteroatoms. The smallest absolute Gasteiger partial charge is 0.259 e. The Morgan fingerprint density at radius 2 is 2.06 bits per heavy atom. The van der Waals surface area contributed by atoms with E-state index in [-0.39, 0.29) is 17.6 Å². The molecular weight excluding hydrogens is 252 g/mol. The summed E-state index contributed by atoms with van der Waals surface area (Å²) in [6.07, 6.45) is 4.81. The van der Waals surface area contributed by atoms with E-state index in [4.69, 9.17) is 5.73 Å². The van der Waals surface area contributed by atoms with Crippen molar-refractivity contribution in [2.75, 3.05) is 6.54 Å². The van der Waals surface area contributed by atoms with Gasteiger partial charge in [-0.3, -0.25) is 0 Å². The fraction of sp³-hybridized carbons (Fsp3) is 0.727. The van der Waals surface area contributed by atoms with Crippen LogP contribution in [0.1, 0.15) is 26.7 Å². The second-order valence-corrected chi connectivity index (χ2v) is 6.18. The van der Waals surface area contributed by atoms with Crippen molar-refractivity contribution in [2.45, 2.75) is 37.8 Å². The first kappa shape index (κ1) is 15.1. The van der Waals surface area contributed by atoms with Crippen LogP contribution in [0.15, 0.2) is 17.6 Å². The molecule has 18 heavy (non-hydrogen) atoms. The summed E-state index contributed by atoms with van der Waals surface area (Å²) < 4.78 is 27.9. The maximum atomic E-state index is 11.9. The Hall–Kier alpha value is -0.920. The minimum Gasteiger partial charge on any atom is -0.339 e. The third kappa shape index (κ3) is 3.79. The van der Waals surface area contributed by atoms with Gasteiger partial charge in [0.2, 0.25) is 0 Å². The molecule has 104 valence electrons. The number of nitrogens with zero attached hydrogens (tertiary/aromatic N) is 2. The van der Waals surface area contributed by atoms with Crippen LogP contribution < -0.4 is 10.5 Å². The van der Waals surface area contributed by atoms with Crippen molar-refractivity contribution in [1.29, 1.82) is 0 Å². The molecular formula is C11H22N4O2S. The highest BCUT2D eigenvalue weighted by atomic mass is 32.2. The van der Waals surface area contributed by atoms with Gasteiger partial charge < -0.3 is 10.3 Å². The van der Waals surface area contributed by atoms with Crippen molar-refractivity contribution in [3.8, 4) is 0 Å². The number of nitrogens with one attached hydrogen (secondary N) is 1. The third-order valence-corrected chi connectivity index (χ3v) is 4.43. The lowest BCUT2D eigenvalue weighted by Crippen LogP contribution is -2.41. The predicted octanol–water partition coefficient (Wildman–Crippen LogP) is 0.462. The van der Waals surface area contributed by atoms with Crippen LogP contribution in [-0.2, 0) is 17.1 Å². The van der Waals surface area contributed by atoms with Crippen LogP contribution in [0.5, 0.6) is 0 Å². The number of sulfonamides is 1. The Labute approximate surface area is 109 Å². The van der Waals surface area contributed by atoms with Crippen LogP contribution in [0.25, 0.3) is 0 Å². The van der Waals surface area contributed by atoms with Gasteiger partial charge in [-0.1, -0.05) is 26.7 Å². The molecule has 0 radical (unpaired) electrons. The van der Waals surface area contributed by atoms with Crippen LogP contribution in [0.3, 0.4) is 0 Å². The summed E-state index contributed by atoms with van der Waals surface area (Å²) in [6, 6.07) is -0.168. The zero-order valence-electron chi connectivity index (χ0n) is 11.1. The van der Waals surface area contributed by atoms with Crippen LogP contribution in [-0.4, -0.2) is 30.6 Å². The van der Waals surface area contributed by atoms with Gasteiger partial charge in [0, 0.05) is 25.8 Å². The molecule has 0 bridgehead atoms. The summed E-state index contributed by atoms with van der Waals surface area (Å²) in [5.74, 6) is 0.330. The molecule has 6 nitrogen and oxygen atoms in total. The molecule has 1 aromatic heterocycles. The molecule has 0 amide bonds. The van der Waals surface area contributed by atoms with E-state index in [0.29, 0.717) is 5.92 Å². The van der Waals surface area contributed by atoms with Crippen molar-refractivity contribution >= 4 is 10.0 Å². The number of hydrogen-bond donors (Lipinski definition) is 2. The molecule has 0 aliphatic carbocycles. The van der Waals surface area contributed by atoms with Gasteiger partial charge >= 0.3 is 0 Å². The van der Waals surface area contributed by atoms with E-state index in [1.54, 1.807) is 11.6 Å². The fourth-order valence-corrected chi connectivity index (χ4v) is 2.92.